The summed E-state index contributed by atoms with van der Waals surface area (Å²) in [6, 6.07) is 7.80. The molecule has 0 aliphatic heterocycles. The van der Waals surface area contributed by atoms with Crippen molar-refractivity contribution in [2.45, 2.75) is 13.8 Å². The molecule has 1 aromatic carbocycles. The predicted octanol–water partition coefficient (Wildman–Crippen LogP) is 2.22. The van der Waals surface area contributed by atoms with Gasteiger partial charge >= 0.3 is 0 Å². The van der Waals surface area contributed by atoms with Crippen molar-refractivity contribution in [2.75, 3.05) is 5.73 Å². The van der Waals surface area contributed by atoms with E-state index in [-0.39, 0.29) is 0 Å². The molecule has 2 heterocycles. The number of aromatic amines is 1. The minimum Gasteiger partial charge on any atom is -0.382 e. The number of fused-ring (bicyclic) bond motifs is 1. The van der Waals surface area contributed by atoms with Crippen LogP contribution in [0.3, 0.4) is 0 Å². The second-order valence-corrected chi connectivity index (χ2v) is 4.36. The van der Waals surface area contributed by atoms with Gasteiger partial charge in [0, 0.05) is 6.07 Å². The van der Waals surface area contributed by atoms with Gasteiger partial charge in [-0.1, -0.05) is 6.07 Å². The van der Waals surface area contributed by atoms with Gasteiger partial charge in [-0.05, 0) is 31.5 Å². The molecule has 0 atom stereocenters. The maximum absolute atomic E-state index is 5.61. The molecule has 0 unspecified atom stereocenters. The van der Waals surface area contributed by atoms with Crippen molar-refractivity contribution in [1.29, 1.82) is 0 Å². The fraction of sp³-hybridized carbons (Fsp3) is 0.154. The minimum absolute atomic E-state index is 0.454. The summed E-state index contributed by atoms with van der Waals surface area (Å²) in [6.07, 6.45) is 0. The van der Waals surface area contributed by atoms with Gasteiger partial charge in [-0.3, -0.25) is 5.10 Å². The summed E-state index contributed by atoms with van der Waals surface area (Å²) in [7, 11) is 0. The Labute approximate surface area is 104 Å². The summed E-state index contributed by atoms with van der Waals surface area (Å²) >= 11 is 0. The third kappa shape index (κ3) is 1.69. The van der Waals surface area contributed by atoms with Crippen molar-refractivity contribution in [3.63, 3.8) is 0 Å². The molecule has 5 nitrogen and oxygen atoms in total. The summed E-state index contributed by atoms with van der Waals surface area (Å²) in [5, 5.41) is 6.78. The monoisotopic (exact) mass is 239 g/mol. The number of H-pyrrole nitrogens is 1. The van der Waals surface area contributed by atoms with Gasteiger partial charge in [0.25, 0.3) is 0 Å². The molecular formula is C13H13N5. The van der Waals surface area contributed by atoms with Crippen molar-refractivity contribution in [1.82, 2.24) is 20.2 Å². The van der Waals surface area contributed by atoms with E-state index in [0.717, 1.165) is 33.7 Å². The molecule has 0 saturated heterocycles. The summed E-state index contributed by atoms with van der Waals surface area (Å²) in [5.41, 5.74) is 11.0. The molecule has 3 N–H and O–H groups in total. The van der Waals surface area contributed by atoms with Crippen molar-refractivity contribution < 1.29 is 0 Å². The number of nitrogens with two attached hydrogens (primary N) is 1. The van der Waals surface area contributed by atoms with Crippen LogP contribution in [0.1, 0.15) is 11.3 Å². The first kappa shape index (κ1) is 10.7. The van der Waals surface area contributed by atoms with Crippen LogP contribution in [-0.2, 0) is 0 Å². The Bertz CT molecular complexity index is 729. The highest BCUT2D eigenvalue weighted by Gasteiger charge is 2.10. The Kier molecular flexibility index (Phi) is 2.26. The number of rotatable bonds is 1. The molecule has 0 saturated carbocycles. The van der Waals surface area contributed by atoms with Crippen molar-refractivity contribution in [3.8, 4) is 11.4 Å². The second kappa shape index (κ2) is 3.80. The number of hydrogen-bond donors (Lipinski definition) is 2. The van der Waals surface area contributed by atoms with Gasteiger partial charge in [0.15, 0.2) is 0 Å². The zero-order chi connectivity index (χ0) is 12.7. The largest absolute Gasteiger partial charge is 0.382 e. The van der Waals surface area contributed by atoms with Crippen molar-refractivity contribution >= 4 is 16.9 Å². The van der Waals surface area contributed by atoms with Crippen LogP contribution in [0.4, 0.5) is 5.82 Å². The highest BCUT2D eigenvalue weighted by molar-refractivity contribution is 5.78. The van der Waals surface area contributed by atoms with Crippen LogP contribution >= 0.6 is 0 Å². The number of nitrogen functional groups attached to an aromatic ring is 1. The topological polar surface area (TPSA) is 80.5 Å². The predicted molar refractivity (Wildman–Crippen MR) is 71.0 cm³/mol. The Balaban J connectivity index is 2.26. The van der Waals surface area contributed by atoms with E-state index < -0.39 is 0 Å². The number of hydrogen-bond acceptors (Lipinski definition) is 4. The Morgan fingerprint density at radius 3 is 2.61 bits per heavy atom. The standard InChI is InChI=1S/C13H13N5/c1-7-3-4-9-10(5-7)16-13(8(2)15-9)11-6-12(14)18-17-11/h3-6H,1-2H3,(H3,14,17,18). The number of anilines is 1. The van der Waals surface area contributed by atoms with Gasteiger partial charge in [0.1, 0.15) is 11.5 Å². The number of benzene rings is 1. The molecule has 3 aromatic rings. The smallest absolute Gasteiger partial charge is 0.145 e. The van der Waals surface area contributed by atoms with Crippen LogP contribution in [0.2, 0.25) is 0 Å². The first-order valence-electron chi connectivity index (χ1n) is 5.70. The number of aromatic nitrogens is 4. The Hall–Kier alpha value is -2.43. The van der Waals surface area contributed by atoms with Gasteiger partial charge in [-0.15, -0.1) is 0 Å². The highest BCUT2D eigenvalue weighted by atomic mass is 15.2. The molecule has 0 fully saturated rings. The minimum atomic E-state index is 0.454. The zero-order valence-corrected chi connectivity index (χ0v) is 10.2. The van der Waals surface area contributed by atoms with Crippen LogP contribution in [0, 0.1) is 13.8 Å². The molecule has 0 bridgehead atoms. The van der Waals surface area contributed by atoms with Gasteiger partial charge in [-0.25, -0.2) is 9.97 Å². The van der Waals surface area contributed by atoms with E-state index in [2.05, 4.69) is 20.2 Å². The number of nitrogens with one attached hydrogen (secondary N) is 1. The average Bonchev–Trinajstić information content (AvgIpc) is 2.75. The SMILES string of the molecule is Cc1ccc2nc(C)c(-c3cc(N)n[nH]3)nc2c1. The summed E-state index contributed by atoms with van der Waals surface area (Å²) in [6.45, 7) is 3.97. The van der Waals surface area contributed by atoms with Crippen LogP contribution in [0.5, 0.6) is 0 Å². The normalized spacial score (nSPS) is 11.0. The lowest BCUT2D eigenvalue weighted by molar-refractivity contribution is 1.08. The maximum Gasteiger partial charge on any atom is 0.145 e. The van der Waals surface area contributed by atoms with E-state index in [1.54, 1.807) is 6.07 Å². The molecule has 2 aromatic heterocycles. The Morgan fingerprint density at radius 2 is 1.89 bits per heavy atom. The Morgan fingerprint density at radius 1 is 1.06 bits per heavy atom. The zero-order valence-electron chi connectivity index (χ0n) is 10.2. The van der Waals surface area contributed by atoms with Crippen LogP contribution in [0.15, 0.2) is 24.3 Å². The third-order valence-electron chi connectivity index (χ3n) is 2.85. The molecule has 0 radical (unpaired) electrons. The van der Waals surface area contributed by atoms with Crippen LogP contribution in [-0.4, -0.2) is 20.2 Å². The van der Waals surface area contributed by atoms with Gasteiger partial charge in [-0.2, -0.15) is 5.10 Å². The average molecular weight is 239 g/mol. The molecule has 18 heavy (non-hydrogen) atoms. The van der Waals surface area contributed by atoms with Crippen molar-refractivity contribution in [2.24, 2.45) is 0 Å². The highest BCUT2D eigenvalue weighted by Crippen LogP contribution is 2.22. The third-order valence-corrected chi connectivity index (χ3v) is 2.85. The number of aryl methyl sites for hydroxylation is 2. The van der Waals surface area contributed by atoms with E-state index in [1.807, 2.05) is 32.0 Å². The van der Waals surface area contributed by atoms with Gasteiger partial charge < -0.3 is 5.73 Å². The first-order valence-corrected chi connectivity index (χ1v) is 5.70. The second-order valence-electron chi connectivity index (χ2n) is 4.36. The molecule has 3 rings (SSSR count). The first-order chi connectivity index (χ1) is 8.63. The van der Waals surface area contributed by atoms with Gasteiger partial charge in [0.2, 0.25) is 0 Å². The van der Waals surface area contributed by atoms with E-state index in [1.165, 1.54) is 0 Å². The molecule has 0 aliphatic rings. The van der Waals surface area contributed by atoms with E-state index in [4.69, 9.17) is 5.73 Å². The number of nitrogens with zero attached hydrogens (tertiary/aromatic N) is 3. The quantitative estimate of drug-likeness (QED) is 0.682. The lowest BCUT2D eigenvalue weighted by atomic mass is 10.2. The fourth-order valence-electron chi connectivity index (χ4n) is 1.97. The van der Waals surface area contributed by atoms with E-state index in [9.17, 15) is 0 Å². The molecule has 0 spiro atoms. The lowest BCUT2D eigenvalue weighted by Crippen LogP contribution is -1.95. The molecule has 0 aliphatic carbocycles. The van der Waals surface area contributed by atoms with Gasteiger partial charge in [0.05, 0.1) is 22.4 Å². The molecule has 0 amide bonds. The van der Waals surface area contributed by atoms with E-state index in [0.29, 0.717) is 5.82 Å². The molecule has 5 heteroatoms. The molecular weight excluding hydrogens is 226 g/mol. The molecule has 90 valence electrons. The lowest BCUT2D eigenvalue weighted by Gasteiger charge is -2.05. The summed E-state index contributed by atoms with van der Waals surface area (Å²) < 4.78 is 0. The fourth-order valence-corrected chi connectivity index (χ4v) is 1.97. The van der Waals surface area contributed by atoms with E-state index >= 15 is 0 Å². The maximum atomic E-state index is 5.61. The summed E-state index contributed by atoms with van der Waals surface area (Å²) in [5.74, 6) is 0.454. The van der Waals surface area contributed by atoms with Crippen molar-refractivity contribution in [3.05, 3.63) is 35.5 Å². The van der Waals surface area contributed by atoms with Crippen LogP contribution in [0.25, 0.3) is 22.4 Å². The van der Waals surface area contributed by atoms with Crippen LogP contribution < -0.4 is 5.73 Å². The summed E-state index contributed by atoms with van der Waals surface area (Å²) in [4.78, 5) is 9.18.